The molecule has 0 bridgehead atoms. The van der Waals surface area contributed by atoms with Gasteiger partial charge in [0.25, 0.3) is 0 Å². The SMILES string of the molecule is COc1ccc(C(O)Cc2cc(Cl)ccc2F)c(OC)c1. The second kappa shape index (κ2) is 6.78. The second-order valence-corrected chi connectivity index (χ2v) is 5.00. The average Bonchev–Trinajstić information content (AvgIpc) is 2.50. The fraction of sp³-hybridized carbons (Fsp3) is 0.250. The molecule has 0 heterocycles. The summed E-state index contributed by atoms with van der Waals surface area (Å²) in [6.07, 6.45) is -0.798. The van der Waals surface area contributed by atoms with E-state index in [-0.39, 0.29) is 6.42 Å². The Kier molecular flexibility index (Phi) is 5.04. The number of ether oxygens (including phenoxy) is 2. The van der Waals surface area contributed by atoms with Crippen LogP contribution in [0.1, 0.15) is 17.2 Å². The minimum absolute atomic E-state index is 0.106. The third-order valence-corrected chi connectivity index (χ3v) is 3.46. The number of methoxy groups -OCH3 is 2. The molecule has 112 valence electrons. The molecule has 0 saturated heterocycles. The van der Waals surface area contributed by atoms with E-state index < -0.39 is 11.9 Å². The monoisotopic (exact) mass is 310 g/mol. The predicted molar refractivity (Wildman–Crippen MR) is 79.6 cm³/mol. The molecule has 0 aliphatic rings. The van der Waals surface area contributed by atoms with Gasteiger partial charge in [-0.1, -0.05) is 11.6 Å². The predicted octanol–water partition coefficient (Wildman–Crippen LogP) is 3.77. The van der Waals surface area contributed by atoms with E-state index >= 15 is 0 Å². The third kappa shape index (κ3) is 3.65. The lowest BCUT2D eigenvalue weighted by atomic mass is 10.00. The highest BCUT2D eigenvalue weighted by atomic mass is 35.5. The van der Waals surface area contributed by atoms with E-state index in [0.717, 1.165) is 0 Å². The summed E-state index contributed by atoms with van der Waals surface area (Å²) in [5.74, 6) is 0.715. The molecule has 0 aliphatic heterocycles. The van der Waals surface area contributed by atoms with Crippen molar-refractivity contribution in [2.75, 3.05) is 14.2 Å². The maximum atomic E-state index is 13.7. The van der Waals surface area contributed by atoms with Crippen molar-refractivity contribution in [1.82, 2.24) is 0 Å². The van der Waals surface area contributed by atoms with Crippen molar-refractivity contribution in [3.63, 3.8) is 0 Å². The molecule has 21 heavy (non-hydrogen) atoms. The summed E-state index contributed by atoms with van der Waals surface area (Å²) in [7, 11) is 3.05. The Hall–Kier alpha value is -1.78. The van der Waals surface area contributed by atoms with Crippen molar-refractivity contribution >= 4 is 11.6 Å². The highest BCUT2D eigenvalue weighted by molar-refractivity contribution is 6.30. The number of hydrogen-bond acceptors (Lipinski definition) is 3. The van der Waals surface area contributed by atoms with Gasteiger partial charge in [-0.25, -0.2) is 4.39 Å². The van der Waals surface area contributed by atoms with Gasteiger partial charge in [-0.3, -0.25) is 0 Å². The maximum absolute atomic E-state index is 13.7. The fourth-order valence-corrected chi connectivity index (χ4v) is 2.31. The van der Waals surface area contributed by atoms with E-state index in [4.69, 9.17) is 21.1 Å². The van der Waals surface area contributed by atoms with Gasteiger partial charge in [-0.15, -0.1) is 0 Å². The van der Waals surface area contributed by atoms with E-state index in [1.165, 1.54) is 25.3 Å². The van der Waals surface area contributed by atoms with Crippen molar-refractivity contribution in [2.45, 2.75) is 12.5 Å². The molecule has 1 N–H and O–H groups in total. The summed E-state index contributed by atoms with van der Waals surface area (Å²) >= 11 is 5.85. The number of rotatable bonds is 5. The molecule has 1 unspecified atom stereocenters. The summed E-state index contributed by atoms with van der Waals surface area (Å²) in [5, 5.41) is 10.8. The van der Waals surface area contributed by atoms with Crippen LogP contribution in [0.2, 0.25) is 5.02 Å². The van der Waals surface area contributed by atoms with Gasteiger partial charge in [0, 0.05) is 23.1 Å². The Morgan fingerprint density at radius 1 is 1.14 bits per heavy atom. The lowest BCUT2D eigenvalue weighted by Gasteiger charge is -2.16. The summed E-state index contributed by atoms with van der Waals surface area (Å²) in [6.45, 7) is 0. The lowest BCUT2D eigenvalue weighted by molar-refractivity contribution is 0.172. The first kappa shape index (κ1) is 15.6. The second-order valence-electron chi connectivity index (χ2n) is 4.56. The Bertz CT molecular complexity index is 631. The molecule has 0 amide bonds. The van der Waals surface area contributed by atoms with Crippen LogP contribution < -0.4 is 9.47 Å². The molecule has 0 aromatic heterocycles. The van der Waals surface area contributed by atoms with Gasteiger partial charge in [0.1, 0.15) is 17.3 Å². The quantitative estimate of drug-likeness (QED) is 0.913. The molecule has 0 radical (unpaired) electrons. The molecule has 2 aromatic rings. The molecule has 2 rings (SSSR count). The molecule has 0 spiro atoms. The Balaban J connectivity index is 2.27. The largest absolute Gasteiger partial charge is 0.497 e. The summed E-state index contributed by atoms with van der Waals surface area (Å²) in [5.41, 5.74) is 0.922. The molecular weight excluding hydrogens is 295 g/mol. The normalized spacial score (nSPS) is 12.0. The number of halogens is 2. The molecule has 5 heteroatoms. The number of hydrogen-bond donors (Lipinski definition) is 1. The van der Waals surface area contributed by atoms with Crippen LogP contribution in [0, 0.1) is 5.82 Å². The van der Waals surface area contributed by atoms with E-state index in [0.29, 0.717) is 27.6 Å². The van der Waals surface area contributed by atoms with E-state index in [1.54, 1.807) is 25.3 Å². The van der Waals surface area contributed by atoms with Crippen molar-refractivity contribution in [1.29, 1.82) is 0 Å². The lowest BCUT2D eigenvalue weighted by Crippen LogP contribution is -2.06. The van der Waals surface area contributed by atoms with E-state index in [9.17, 15) is 9.50 Å². The highest BCUT2D eigenvalue weighted by Gasteiger charge is 2.17. The number of aliphatic hydroxyl groups excluding tert-OH is 1. The van der Waals surface area contributed by atoms with Crippen molar-refractivity contribution in [3.8, 4) is 11.5 Å². The van der Waals surface area contributed by atoms with Crippen LogP contribution in [0.4, 0.5) is 4.39 Å². The first-order valence-electron chi connectivity index (χ1n) is 6.39. The van der Waals surface area contributed by atoms with Gasteiger partial charge in [0.05, 0.1) is 20.3 Å². The zero-order chi connectivity index (χ0) is 15.4. The van der Waals surface area contributed by atoms with Gasteiger partial charge in [0.15, 0.2) is 0 Å². The van der Waals surface area contributed by atoms with Gasteiger partial charge < -0.3 is 14.6 Å². The van der Waals surface area contributed by atoms with Crippen molar-refractivity contribution in [3.05, 3.63) is 58.4 Å². The first-order valence-corrected chi connectivity index (χ1v) is 6.77. The third-order valence-electron chi connectivity index (χ3n) is 3.22. The van der Waals surface area contributed by atoms with Gasteiger partial charge in [-0.05, 0) is 35.9 Å². The molecule has 3 nitrogen and oxygen atoms in total. The number of benzene rings is 2. The molecule has 0 aliphatic carbocycles. The van der Waals surface area contributed by atoms with Crippen molar-refractivity contribution < 1.29 is 19.0 Å². The van der Waals surface area contributed by atoms with Gasteiger partial charge >= 0.3 is 0 Å². The number of aliphatic hydroxyl groups is 1. The summed E-state index contributed by atoms with van der Waals surface area (Å²) in [6, 6.07) is 9.36. The first-order chi connectivity index (χ1) is 10.0. The molecule has 0 saturated carbocycles. The Morgan fingerprint density at radius 3 is 2.57 bits per heavy atom. The minimum atomic E-state index is -0.904. The smallest absolute Gasteiger partial charge is 0.128 e. The highest BCUT2D eigenvalue weighted by Crippen LogP contribution is 2.32. The molecular formula is C16H16ClFO3. The maximum Gasteiger partial charge on any atom is 0.128 e. The fourth-order valence-electron chi connectivity index (χ4n) is 2.11. The summed E-state index contributed by atoms with van der Waals surface area (Å²) in [4.78, 5) is 0. The summed E-state index contributed by atoms with van der Waals surface area (Å²) < 4.78 is 24.1. The molecule has 0 fully saturated rings. The topological polar surface area (TPSA) is 38.7 Å². The van der Waals surface area contributed by atoms with Crippen LogP contribution in [0.15, 0.2) is 36.4 Å². The van der Waals surface area contributed by atoms with Crippen LogP contribution in [0.25, 0.3) is 0 Å². The average molecular weight is 311 g/mol. The van der Waals surface area contributed by atoms with Gasteiger partial charge in [-0.2, -0.15) is 0 Å². The minimum Gasteiger partial charge on any atom is -0.497 e. The Morgan fingerprint density at radius 2 is 1.90 bits per heavy atom. The van der Waals surface area contributed by atoms with Gasteiger partial charge in [0.2, 0.25) is 0 Å². The van der Waals surface area contributed by atoms with Crippen LogP contribution in [0.3, 0.4) is 0 Å². The molecule has 1 atom stereocenters. The standard InChI is InChI=1S/C16H16ClFO3/c1-20-12-4-5-13(16(9-12)21-2)15(19)8-10-7-11(17)3-6-14(10)18/h3-7,9,15,19H,8H2,1-2H3. The van der Waals surface area contributed by atoms with Crippen LogP contribution in [-0.4, -0.2) is 19.3 Å². The van der Waals surface area contributed by atoms with Crippen LogP contribution in [0.5, 0.6) is 11.5 Å². The van der Waals surface area contributed by atoms with Crippen LogP contribution >= 0.6 is 11.6 Å². The zero-order valence-electron chi connectivity index (χ0n) is 11.8. The molecule has 2 aromatic carbocycles. The Labute approximate surface area is 127 Å². The van der Waals surface area contributed by atoms with E-state index in [2.05, 4.69) is 0 Å². The van der Waals surface area contributed by atoms with Crippen molar-refractivity contribution in [2.24, 2.45) is 0 Å². The van der Waals surface area contributed by atoms with Crippen LogP contribution in [-0.2, 0) is 6.42 Å². The zero-order valence-corrected chi connectivity index (χ0v) is 12.5. The van der Waals surface area contributed by atoms with E-state index in [1.807, 2.05) is 0 Å².